The second-order valence-electron chi connectivity index (χ2n) is 7.74. The van der Waals surface area contributed by atoms with Crippen molar-refractivity contribution in [3.8, 4) is 0 Å². The van der Waals surface area contributed by atoms with Crippen molar-refractivity contribution in [1.29, 1.82) is 0 Å². The molecule has 0 spiro atoms. The van der Waals surface area contributed by atoms with Gasteiger partial charge in [0.25, 0.3) is 0 Å². The first-order valence-electron chi connectivity index (χ1n) is 10.2. The van der Waals surface area contributed by atoms with Crippen LogP contribution in [0.4, 0.5) is 0 Å². The van der Waals surface area contributed by atoms with E-state index in [0.29, 0.717) is 13.2 Å². The summed E-state index contributed by atoms with van der Waals surface area (Å²) in [6, 6.07) is 28.1. The lowest BCUT2D eigenvalue weighted by molar-refractivity contribution is 0.321. The summed E-state index contributed by atoms with van der Waals surface area (Å²) in [6.07, 6.45) is 0. The monoisotopic (exact) mass is 381 g/mol. The Labute approximate surface area is 172 Å². The van der Waals surface area contributed by atoms with Gasteiger partial charge in [-0.2, -0.15) is 0 Å². The van der Waals surface area contributed by atoms with E-state index in [1.807, 2.05) is 0 Å². The summed E-state index contributed by atoms with van der Waals surface area (Å²) in [5.74, 6) is 0. The van der Waals surface area contributed by atoms with Crippen LogP contribution in [0.3, 0.4) is 0 Å². The van der Waals surface area contributed by atoms with Crippen LogP contribution in [-0.4, -0.2) is 32.3 Å². The average Bonchev–Trinajstić information content (AvgIpc) is 3.29. The molecular formula is C25H24BNO2. The van der Waals surface area contributed by atoms with E-state index in [1.165, 1.54) is 32.7 Å². The molecule has 1 fully saturated rings. The molecule has 0 radical (unpaired) electrons. The Balaban J connectivity index is 1.48. The third-order valence-electron chi connectivity index (χ3n) is 5.68. The van der Waals surface area contributed by atoms with Gasteiger partial charge in [-0.05, 0) is 51.2 Å². The third kappa shape index (κ3) is 3.67. The van der Waals surface area contributed by atoms with Crippen molar-refractivity contribution < 1.29 is 9.31 Å². The highest BCUT2D eigenvalue weighted by atomic mass is 16.6. The van der Waals surface area contributed by atoms with Crippen LogP contribution in [0.5, 0.6) is 0 Å². The average molecular weight is 381 g/mol. The first kappa shape index (κ1) is 18.4. The Hall–Kier alpha value is -2.66. The number of hydrogen-bond acceptors (Lipinski definition) is 3. The van der Waals surface area contributed by atoms with Gasteiger partial charge in [0.15, 0.2) is 0 Å². The van der Waals surface area contributed by atoms with Gasteiger partial charge in [0.2, 0.25) is 0 Å². The van der Waals surface area contributed by atoms with Crippen molar-refractivity contribution in [2.75, 3.05) is 20.3 Å². The van der Waals surface area contributed by atoms with Gasteiger partial charge in [-0.1, -0.05) is 72.8 Å². The molecule has 4 heteroatoms. The topological polar surface area (TPSA) is 21.7 Å². The molecule has 0 atom stereocenters. The fraction of sp³-hybridized carbons (Fsp3) is 0.200. The van der Waals surface area contributed by atoms with Crippen molar-refractivity contribution >= 4 is 34.1 Å². The minimum Gasteiger partial charge on any atom is -0.405 e. The second-order valence-corrected chi connectivity index (χ2v) is 7.74. The SMILES string of the molecule is CN(Cc1ccccc1B1OCCO1)Cc1c2ccccc2cc2ccccc12. The molecule has 0 aromatic heterocycles. The smallest absolute Gasteiger partial charge is 0.405 e. The molecule has 1 aliphatic rings. The maximum absolute atomic E-state index is 5.75. The molecule has 3 nitrogen and oxygen atoms in total. The molecule has 29 heavy (non-hydrogen) atoms. The van der Waals surface area contributed by atoms with Gasteiger partial charge in [-0.3, -0.25) is 4.90 Å². The number of rotatable bonds is 5. The lowest BCUT2D eigenvalue weighted by Gasteiger charge is -2.21. The van der Waals surface area contributed by atoms with Crippen LogP contribution in [0, 0.1) is 0 Å². The molecule has 0 N–H and O–H groups in total. The van der Waals surface area contributed by atoms with E-state index in [2.05, 4.69) is 90.8 Å². The van der Waals surface area contributed by atoms with Crippen molar-refractivity contribution in [2.45, 2.75) is 13.1 Å². The van der Waals surface area contributed by atoms with Gasteiger partial charge < -0.3 is 9.31 Å². The summed E-state index contributed by atoms with van der Waals surface area (Å²) in [6.45, 7) is 3.05. The van der Waals surface area contributed by atoms with Crippen molar-refractivity contribution in [1.82, 2.24) is 4.90 Å². The van der Waals surface area contributed by atoms with Gasteiger partial charge in [0, 0.05) is 13.1 Å². The molecule has 5 rings (SSSR count). The maximum Gasteiger partial charge on any atom is 0.494 e. The van der Waals surface area contributed by atoms with E-state index in [1.54, 1.807) is 0 Å². The Kier molecular flexibility index (Phi) is 5.07. The Morgan fingerprint density at radius 1 is 0.759 bits per heavy atom. The highest BCUT2D eigenvalue weighted by Crippen LogP contribution is 2.29. The van der Waals surface area contributed by atoms with Crippen LogP contribution in [0.1, 0.15) is 11.1 Å². The number of benzene rings is 4. The predicted molar refractivity (Wildman–Crippen MR) is 120 cm³/mol. The lowest BCUT2D eigenvalue weighted by Crippen LogP contribution is -2.36. The predicted octanol–water partition coefficient (Wildman–Crippen LogP) is 4.37. The van der Waals surface area contributed by atoms with Crippen molar-refractivity contribution in [3.05, 3.63) is 90.0 Å². The minimum atomic E-state index is -0.238. The molecule has 0 amide bonds. The molecule has 144 valence electrons. The molecule has 4 aromatic rings. The van der Waals surface area contributed by atoms with E-state index in [0.717, 1.165) is 18.6 Å². The molecule has 0 bridgehead atoms. The quantitative estimate of drug-likeness (QED) is 0.379. The van der Waals surface area contributed by atoms with Gasteiger partial charge in [0.05, 0.1) is 13.2 Å². The van der Waals surface area contributed by atoms with Crippen LogP contribution >= 0.6 is 0 Å². The zero-order valence-electron chi connectivity index (χ0n) is 16.7. The number of hydrogen-bond donors (Lipinski definition) is 0. The zero-order chi connectivity index (χ0) is 19.6. The highest BCUT2D eigenvalue weighted by Gasteiger charge is 2.28. The Bertz CT molecular complexity index is 1100. The van der Waals surface area contributed by atoms with E-state index in [9.17, 15) is 0 Å². The van der Waals surface area contributed by atoms with Crippen molar-refractivity contribution in [2.24, 2.45) is 0 Å². The summed E-state index contributed by atoms with van der Waals surface area (Å²) in [7, 11) is 1.95. The normalized spacial score (nSPS) is 14.3. The summed E-state index contributed by atoms with van der Waals surface area (Å²) in [4.78, 5) is 2.38. The van der Waals surface area contributed by atoms with Crippen LogP contribution in [0.15, 0.2) is 78.9 Å². The van der Waals surface area contributed by atoms with E-state index < -0.39 is 0 Å². The number of nitrogens with zero attached hydrogens (tertiary/aromatic N) is 1. The molecule has 0 unspecified atom stereocenters. The van der Waals surface area contributed by atoms with E-state index in [-0.39, 0.29) is 7.12 Å². The van der Waals surface area contributed by atoms with Crippen LogP contribution in [-0.2, 0) is 22.4 Å². The van der Waals surface area contributed by atoms with Gasteiger partial charge in [0.1, 0.15) is 0 Å². The molecule has 1 heterocycles. The third-order valence-corrected chi connectivity index (χ3v) is 5.68. The fourth-order valence-electron chi connectivity index (χ4n) is 4.34. The van der Waals surface area contributed by atoms with Crippen molar-refractivity contribution in [3.63, 3.8) is 0 Å². The molecular weight excluding hydrogens is 357 g/mol. The fourth-order valence-corrected chi connectivity index (χ4v) is 4.34. The second kappa shape index (κ2) is 8.00. The maximum atomic E-state index is 5.75. The summed E-state index contributed by atoms with van der Waals surface area (Å²) < 4.78 is 11.5. The van der Waals surface area contributed by atoms with Crippen LogP contribution in [0.25, 0.3) is 21.5 Å². The standard InChI is InChI=1S/C25H24BNO2/c1-27(17-21-10-4-7-13-25(21)26-28-14-15-29-26)18-24-22-11-5-2-8-19(22)16-20-9-3-6-12-23(20)24/h2-13,16H,14-15,17-18H2,1H3. The first-order chi connectivity index (χ1) is 14.3. The highest BCUT2D eigenvalue weighted by molar-refractivity contribution is 6.62. The van der Waals surface area contributed by atoms with E-state index in [4.69, 9.17) is 9.31 Å². The summed E-state index contributed by atoms with van der Waals surface area (Å²) in [5.41, 5.74) is 3.78. The lowest BCUT2D eigenvalue weighted by atomic mass is 9.76. The summed E-state index contributed by atoms with van der Waals surface area (Å²) >= 11 is 0. The Morgan fingerprint density at radius 3 is 2.03 bits per heavy atom. The molecule has 1 aliphatic heterocycles. The van der Waals surface area contributed by atoms with E-state index >= 15 is 0 Å². The molecule has 0 saturated carbocycles. The zero-order valence-corrected chi connectivity index (χ0v) is 16.7. The minimum absolute atomic E-state index is 0.238. The van der Waals surface area contributed by atoms with Crippen LogP contribution < -0.4 is 5.46 Å². The van der Waals surface area contributed by atoms with Gasteiger partial charge in [-0.15, -0.1) is 0 Å². The largest absolute Gasteiger partial charge is 0.494 e. The molecule has 0 aliphatic carbocycles. The van der Waals surface area contributed by atoms with Crippen LogP contribution in [0.2, 0.25) is 0 Å². The molecule has 1 saturated heterocycles. The number of fused-ring (bicyclic) bond motifs is 2. The molecule has 4 aromatic carbocycles. The van der Waals surface area contributed by atoms with Gasteiger partial charge >= 0.3 is 7.12 Å². The van der Waals surface area contributed by atoms with Gasteiger partial charge in [-0.25, -0.2) is 0 Å². The first-order valence-corrected chi connectivity index (χ1v) is 10.2. The summed E-state index contributed by atoms with van der Waals surface area (Å²) in [5, 5.41) is 5.24. The Morgan fingerprint density at radius 2 is 1.34 bits per heavy atom.